The number of carbonyl (C=O) groups is 11. The van der Waals surface area contributed by atoms with E-state index in [2.05, 4.69) is 63.1 Å². The number of aromatic amines is 2. The average Bonchev–Trinajstić information content (AvgIpc) is 1.73. The van der Waals surface area contributed by atoms with Gasteiger partial charge in [0.1, 0.15) is 60.1 Å². The molecule has 0 unspecified atom stereocenters. The number of nitrogens with zero attached hydrogens (tertiary/aromatic N) is 1. The third kappa shape index (κ3) is 22.8. The summed E-state index contributed by atoms with van der Waals surface area (Å²) in [6.07, 6.45) is 3.38. The highest BCUT2D eigenvalue weighted by Gasteiger charge is 2.40. The van der Waals surface area contributed by atoms with Gasteiger partial charge in [-0.3, -0.25) is 58.1 Å². The highest BCUT2D eigenvalue weighted by atomic mass is 35.5. The lowest BCUT2D eigenvalue weighted by Gasteiger charge is -2.30. The number of fused-ring (bicyclic) bond motifs is 2. The summed E-state index contributed by atoms with van der Waals surface area (Å²) in [7, 11) is 0. The number of benzene rings is 5. The van der Waals surface area contributed by atoms with Crippen LogP contribution in [0.4, 0.5) is 0 Å². The van der Waals surface area contributed by atoms with E-state index in [4.69, 9.17) is 28.5 Å². The number of nitrogens with two attached hydrogens (primary N) is 2. The Morgan fingerprint density at radius 2 is 0.971 bits per heavy atom. The normalized spacial score (nSPS) is 15.0. The molecule has 0 bridgehead atoms. The van der Waals surface area contributed by atoms with Crippen molar-refractivity contribution in [2.75, 3.05) is 26.2 Å². The van der Waals surface area contributed by atoms with Crippen LogP contribution in [-0.4, -0.2) is 177 Å². The van der Waals surface area contributed by atoms with Gasteiger partial charge in [-0.25, -0.2) is 0 Å². The summed E-state index contributed by atoms with van der Waals surface area (Å²) in [5.74, 6) is -9.53. The summed E-state index contributed by atoms with van der Waals surface area (Å²) in [6.45, 7) is 3.60. The third-order valence-corrected chi connectivity index (χ3v) is 17.7. The molecule has 546 valence electrons. The smallest absolute Gasteiger partial charge is 0.245 e. The number of carbonyl (C=O) groups excluding carboxylic acids is 11. The zero-order chi connectivity index (χ0) is 74.3. The fraction of sp³-hybridized carbons (Fsp3) is 0.370. The maximum atomic E-state index is 15.2. The average molecular weight is 1430 g/mol. The minimum absolute atomic E-state index is 0.0101. The number of amides is 11. The number of aromatic nitrogens is 2. The van der Waals surface area contributed by atoms with E-state index in [-0.39, 0.29) is 88.5 Å². The maximum Gasteiger partial charge on any atom is 0.245 e. The van der Waals surface area contributed by atoms with E-state index in [0.717, 1.165) is 0 Å². The summed E-state index contributed by atoms with van der Waals surface area (Å²) in [6, 6.07) is 22.7. The first-order valence-electron chi connectivity index (χ1n) is 33.9. The summed E-state index contributed by atoms with van der Waals surface area (Å²) >= 11 is 6.24. The van der Waals surface area contributed by atoms with Gasteiger partial charge in [-0.1, -0.05) is 116 Å². The zero-order valence-electron chi connectivity index (χ0n) is 57.3. The van der Waals surface area contributed by atoms with Crippen LogP contribution in [-0.2, 0) is 84.8 Å². The highest BCUT2D eigenvalue weighted by Crippen LogP contribution is 2.24. The Kier molecular flexibility index (Phi) is 28.1. The molecule has 30 heteroatoms. The molecule has 19 N–H and O–H groups in total. The van der Waals surface area contributed by atoms with Gasteiger partial charge in [-0.2, -0.15) is 0 Å². The zero-order valence-corrected chi connectivity index (χ0v) is 58.1. The molecule has 8 rings (SSSR count). The second kappa shape index (κ2) is 37.4. The maximum absolute atomic E-state index is 15.2. The number of halogens is 1. The van der Waals surface area contributed by atoms with Crippen molar-refractivity contribution in [2.24, 2.45) is 17.4 Å². The summed E-state index contributed by atoms with van der Waals surface area (Å²) in [4.78, 5) is 164. The summed E-state index contributed by atoms with van der Waals surface area (Å²) < 4.78 is 0. The minimum atomic E-state index is -1.83. The molecule has 1 saturated heterocycles. The van der Waals surface area contributed by atoms with Crippen LogP contribution >= 0.6 is 11.6 Å². The summed E-state index contributed by atoms with van der Waals surface area (Å²) in [5, 5.41) is 57.7. The number of aliphatic hydroxyl groups is 1. The first-order valence-corrected chi connectivity index (χ1v) is 34.3. The number of nitrogens with one attached hydrogen (secondary N) is 13. The second-order valence-corrected chi connectivity index (χ2v) is 26.3. The highest BCUT2D eigenvalue weighted by molar-refractivity contribution is 6.30. The van der Waals surface area contributed by atoms with Gasteiger partial charge in [-0.15, -0.1) is 0 Å². The first kappa shape index (κ1) is 77.4. The number of para-hydroxylation sites is 2. The second-order valence-electron chi connectivity index (χ2n) is 25.9. The van der Waals surface area contributed by atoms with Crippen molar-refractivity contribution in [2.45, 2.75) is 139 Å². The fourth-order valence-corrected chi connectivity index (χ4v) is 12.4. The van der Waals surface area contributed by atoms with E-state index in [9.17, 15) is 53.4 Å². The molecular formula is C73H89ClN16O13. The lowest BCUT2D eigenvalue weighted by Crippen LogP contribution is -2.62. The lowest BCUT2D eigenvalue weighted by molar-refractivity contribution is -0.142. The standard InChI is InChI=1S/C73H89ClN16O13/c1-41(2)31-55(64(95)83-54(19-11-29-78-73(76)77)72(103)90-30-12-20-62(90)71(102)81-39-63(75)94)84-68(99)59(35-46-37-79-52-17-9-7-15-50(46)52)87-67(98)58(34-45-23-27-49(93)28-24-45)86-70(101)61(40-91)89-69(100)60(36-47-38-80-53-18-10-8-16-51(47)53)88-66(97)57(33-44-21-25-48(74)26-22-44)85-65(96)56(82-42(3)92)32-43-13-5-4-6-14-43/h4-10,13-18,21-28,37-38,41,54-62,79-80,91,93H,11-12,19-20,29-36,39-40H2,1-3H3,(H2,75,94)(H,81,102)(H,82,92)(H,83,95)(H,84,99)(H,85,96)(H,86,101)(H,87,98)(H,88,97)(H,89,100)(H4,76,77,78)/t54-,55-,56+,57+,58-,59+,60+,61-,62-/m0/s1. The Labute approximate surface area is 599 Å². The van der Waals surface area contributed by atoms with E-state index in [1.54, 1.807) is 129 Å². The third-order valence-electron chi connectivity index (χ3n) is 17.5. The number of aromatic hydroxyl groups is 1. The van der Waals surface area contributed by atoms with Crippen LogP contribution in [0.5, 0.6) is 5.75 Å². The molecular weight excluding hydrogens is 1340 g/mol. The first-order chi connectivity index (χ1) is 49.3. The Morgan fingerprint density at radius 3 is 1.46 bits per heavy atom. The molecule has 2 aromatic heterocycles. The van der Waals surface area contributed by atoms with Crippen LogP contribution in [0.1, 0.15) is 80.7 Å². The number of likely N-dealkylation sites (tertiary alicyclic amines) is 1. The fourth-order valence-electron chi connectivity index (χ4n) is 12.3. The van der Waals surface area contributed by atoms with Gasteiger partial charge in [0.15, 0.2) is 5.96 Å². The van der Waals surface area contributed by atoms with Gasteiger partial charge >= 0.3 is 0 Å². The van der Waals surface area contributed by atoms with Gasteiger partial charge in [0.05, 0.1) is 13.2 Å². The van der Waals surface area contributed by atoms with Crippen molar-refractivity contribution in [1.29, 1.82) is 5.41 Å². The van der Waals surface area contributed by atoms with Gasteiger partial charge in [0.25, 0.3) is 0 Å². The molecule has 7 aromatic rings. The van der Waals surface area contributed by atoms with Gasteiger partial charge in [-0.05, 0) is 102 Å². The van der Waals surface area contributed by atoms with Crippen molar-refractivity contribution in [1.82, 2.24) is 68.0 Å². The number of H-pyrrole nitrogens is 2. The van der Waals surface area contributed by atoms with Crippen LogP contribution in [0.15, 0.2) is 140 Å². The minimum Gasteiger partial charge on any atom is -0.508 e. The Hall–Kier alpha value is -11.3. The molecule has 0 radical (unpaired) electrons. The number of guanidine groups is 1. The van der Waals surface area contributed by atoms with Crippen molar-refractivity contribution in [3.8, 4) is 5.75 Å². The monoisotopic (exact) mass is 1430 g/mol. The van der Waals surface area contributed by atoms with Crippen molar-refractivity contribution in [3.63, 3.8) is 0 Å². The number of hydrogen-bond acceptors (Lipinski definition) is 14. The molecule has 1 aliphatic heterocycles. The van der Waals surface area contributed by atoms with Crippen LogP contribution in [0.2, 0.25) is 5.02 Å². The number of phenols is 1. The van der Waals surface area contributed by atoms with Crippen molar-refractivity contribution < 1.29 is 63.0 Å². The molecule has 11 amide bonds. The molecule has 0 spiro atoms. The molecule has 3 heterocycles. The van der Waals surface area contributed by atoms with Crippen LogP contribution in [0, 0.1) is 11.3 Å². The van der Waals surface area contributed by atoms with E-state index >= 15 is 9.59 Å². The number of aliphatic hydroxyl groups excluding tert-OH is 1. The predicted molar refractivity (Wildman–Crippen MR) is 385 cm³/mol. The Bertz CT molecular complexity index is 4150. The molecule has 1 fully saturated rings. The predicted octanol–water partition coefficient (Wildman–Crippen LogP) is 1.31. The molecule has 29 nitrogen and oxygen atoms in total. The molecule has 1 aliphatic rings. The lowest BCUT2D eigenvalue weighted by atomic mass is 9.99. The van der Waals surface area contributed by atoms with E-state index in [0.29, 0.717) is 61.1 Å². The Morgan fingerprint density at radius 1 is 0.544 bits per heavy atom. The molecule has 0 saturated carbocycles. The SMILES string of the molecule is CC(=O)N[C@H](Cc1ccccc1)C(=O)N[C@H](Cc1ccc(Cl)cc1)C(=O)N[C@H](Cc1c[nH]c2ccccc12)C(=O)N[C@@H](CO)C(=O)N[C@@H](Cc1ccc(O)cc1)C(=O)N[C@H](Cc1c[nH]c2ccccc12)C(=O)N[C@@H](CC(C)C)C(=O)N[C@@H](CCCNC(=N)N)C(=O)N1CCC[C@H]1C(=O)NCC(N)=O. The number of primary amides is 1. The van der Waals surface area contributed by atoms with Gasteiger partial charge < -0.3 is 89.7 Å². The van der Waals surface area contributed by atoms with Gasteiger partial charge in [0, 0.05) is 91.3 Å². The van der Waals surface area contributed by atoms with Crippen LogP contribution in [0.25, 0.3) is 21.8 Å². The van der Waals surface area contributed by atoms with E-state index < -0.39 is 133 Å². The van der Waals surface area contributed by atoms with Crippen LogP contribution in [0.3, 0.4) is 0 Å². The quantitative estimate of drug-likeness (QED) is 0.0150. The molecule has 103 heavy (non-hydrogen) atoms. The van der Waals surface area contributed by atoms with E-state index in [1.165, 1.54) is 36.1 Å². The molecule has 0 aliphatic carbocycles. The number of phenolic OH excluding ortho intramolecular Hbond substituents is 1. The Balaban J connectivity index is 1.07. The van der Waals surface area contributed by atoms with Crippen LogP contribution < -0.4 is 64.6 Å². The number of hydrogen-bond donors (Lipinski definition) is 17. The van der Waals surface area contributed by atoms with Gasteiger partial charge in [0.2, 0.25) is 65.0 Å². The van der Waals surface area contributed by atoms with Crippen molar-refractivity contribution >= 4 is 104 Å². The number of rotatable bonds is 36. The molecule has 9 atom stereocenters. The summed E-state index contributed by atoms with van der Waals surface area (Å²) in [5.41, 5.74) is 15.0. The largest absolute Gasteiger partial charge is 0.508 e. The molecule has 5 aromatic carbocycles. The topological polar surface area (TPSA) is 459 Å². The van der Waals surface area contributed by atoms with Crippen molar-refractivity contribution in [3.05, 3.63) is 173 Å². The van der Waals surface area contributed by atoms with E-state index in [1.807, 2.05) is 0 Å².